The number of rotatable bonds is 8. The molecular weight excluding hydrogens is 324 g/mol. The van der Waals surface area contributed by atoms with Crippen LogP contribution in [0.2, 0.25) is 0 Å². The van der Waals surface area contributed by atoms with Gasteiger partial charge in [-0.1, -0.05) is 21.6 Å². The Balaban J connectivity index is 1.78. The largest absolute Gasteiger partial charge is 0.481 e. The summed E-state index contributed by atoms with van der Waals surface area (Å²) in [7, 11) is 4.83. The normalized spacial score (nSPS) is 10.8. The summed E-state index contributed by atoms with van der Waals surface area (Å²) in [6.07, 6.45) is 3.38. The second-order valence-corrected chi connectivity index (χ2v) is 7.11. The van der Waals surface area contributed by atoms with Crippen molar-refractivity contribution in [1.29, 1.82) is 0 Å². The van der Waals surface area contributed by atoms with Crippen LogP contribution in [0.25, 0.3) is 11.0 Å². The number of carbonyl (C=O) groups is 2. The number of amides is 1. The first-order valence-corrected chi connectivity index (χ1v) is 9.09. The van der Waals surface area contributed by atoms with Gasteiger partial charge in [0, 0.05) is 31.3 Å². The van der Waals surface area contributed by atoms with Gasteiger partial charge in [-0.25, -0.2) is 4.98 Å². The van der Waals surface area contributed by atoms with E-state index in [9.17, 15) is 9.59 Å². The van der Waals surface area contributed by atoms with Crippen molar-refractivity contribution in [2.45, 2.75) is 6.42 Å². The van der Waals surface area contributed by atoms with Crippen LogP contribution in [-0.4, -0.2) is 49.8 Å². The first-order chi connectivity index (χ1) is 10.6. The molecule has 7 nitrogen and oxygen atoms in total. The summed E-state index contributed by atoms with van der Waals surface area (Å²) >= 11 is 0. The number of aliphatic carboxylic acids is 1. The van der Waals surface area contributed by atoms with Crippen LogP contribution in [0, 0.1) is 0 Å². The van der Waals surface area contributed by atoms with Crippen molar-refractivity contribution >= 4 is 44.5 Å². The van der Waals surface area contributed by atoms with Crippen LogP contribution in [0.5, 0.6) is 0 Å². The van der Waals surface area contributed by atoms with E-state index >= 15 is 0 Å². The third kappa shape index (κ3) is 4.38. The smallest absolute Gasteiger partial charge is 0.304 e. The number of hydrogen-bond acceptors (Lipinski definition) is 6. The highest BCUT2D eigenvalue weighted by atomic mass is 33.1. The lowest BCUT2D eigenvalue weighted by atomic mass is 10.2. The van der Waals surface area contributed by atoms with Crippen LogP contribution in [0.15, 0.2) is 18.5 Å². The summed E-state index contributed by atoms with van der Waals surface area (Å²) in [4.78, 5) is 26.7. The average Bonchev–Trinajstić information content (AvgIpc) is 2.87. The quantitative estimate of drug-likeness (QED) is 0.556. The van der Waals surface area contributed by atoms with E-state index in [-0.39, 0.29) is 12.3 Å². The van der Waals surface area contributed by atoms with Crippen LogP contribution in [-0.2, 0) is 11.8 Å². The van der Waals surface area contributed by atoms with Gasteiger partial charge in [0.1, 0.15) is 0 Å². The Kier molecular flexibility index (Phi) is 6.08. The summed E-state index contributed by atoms with van der Waals surface area (Å²) in [5, 5.41) is 16.2. The van der Waals surface area contributed by atoms with Crippen molar-refractivity contribution in [2.24, 2.45) is 7.05 Å². The Morgan fingerprint density at radius 1 is 1.36 bits per heavy atom. The molecule has 1 amide bonds. The number of aromatic nitrogens is 3. The number of carbonyl (C=O) groups excluding carboxylic acids is 1. The van der Waals surface area contributed by atoms with E-state index in [1.165, 1.54) is 10.8 Å². The predicted octanol–water partition coefficient (Wildman–Crippen LogP) is 1.55. The molecule has 9 heteroatoms. The molecule has 0 aliphatic rings. The molecule has 0 saturated heterocycles. The SMILES string of the molecule is Cn1ncc2c(C(=O)NCCSSCCC(=O)O)ccnc21. The van der Waals surface area contributed by atoms with Crippen molar-refractivity contribution in [3.05, 3.63) is 24.0 Å². The van der Waals surface area contributed by atoms with Gasteiger partial charge < -0.3 is 10.4 Å². The lowest BCUT2D eigenvalue weighted by Crippen LogP contribution is -2.25. The fourth-order valence-corrected chi connectivity index (χ4v) is 3.68. The van der Waals surface area contributed by atoms with Gasteiger partial charge in [0.25, 0.3) is 5.91 Å². The number of carboxylic acids is 1. The Morgan fingerprint density at radius 2 is 2.14 bits per heavy atom. The monoisotopic (exact) mass is 340 g/mol. The molecule has 2 aromatic rings. The molecule has 0 bridgehead atoms. The Labute approximate surface area is 135 Å². The van der Waals surface area contributed by atoms with Gasteiger partial charge in [-0.15, -0.1) is 0 Å². The fraction of sp³-hybridized carbons (Fsp3) is 0.385. The van der Waals surface area contributed by atoms with Crippen LogP contribution in [0.3, 0.4) is 0 Å². The second-order valence-electron chi connectivity index (χ2n) is 4.41. The van der Waals surface area contributed by atoms with Gasteiger partial charge in [0.05, 0.1) is 23.6 Å². The number of pyridine rings is 1. The minimum Gasteiger partial charge on any atom is -0.481 e. The summed E-state index contributed by atoms with van der Waals surface area (Å²) in [6, 6.07) is 1.67. The Hall–Kier alpha value is -1.74. The molecular formula is C13H16N4O3S2. The van der Waals surface area contributed by atoms with Gasteiger partial charge in [0.2, 0.25) is 0 Å². The van der Waals surface area contributed by atoms with Crippen LogP contribution >= 0.6 is 21.6 Å². The van der Waals surface area contributed by atoms with E-state index in [1.807, 2.05) is 0 Å². The Bertz CT molecular complexity index is 674. The van der Waals surface area contributed by atoms with Gasteiger partial charge in [-0.2, -0.15) is 5.10 Å². The van der Waals surface area contributed by atoms with E-state index in [1.54, 1.807) is 41.0 Å². The predicted molar refractivity (Wildman–Crippen MR) is 88.0 cm³/mol. The molecule has 0 aliphatic carbocycles. The van der Waals surface area contributed by atoms with E-state index in [0.717, 1.165) is 11.1 Å². The van der Waals surface area contributed by atoms with Crippen LogP contribution in [0.4, 0.5) is 0 Å². The van der Waals surface area contributed by atoms with Crippen molar-refractivity contribution in [2.75, 3.05) is 18.1 Å². The van der Waals surface area contributed by atoms with Crippen molar-refractivity contribution in [3.8, 4) is 0 Å². The lowest BCUT2D eigenvalue weighted by Gasteiger charge is -2.05. The zero-order chi connectivity index (χ0) is 15.9. The molecule has 2 heterocycles. The average molecular weight is 340 g/mol. The first kappa shape index (κ1) is 16.6. The number of nitrogens with one attached hydrogen (secondary N) is 1. The second kappa shape index (κ2) is 8.04. The molecule has 0 aromatic carbocycles. The zero-order valence-electron chi connectivity index (χ0n) is 12.0. The molecule has 0 saturated carbocycles. The maximum Gasteiger partial charge on any atom is 0.304 e. The minimum atomic E-state index is -0.792. The van der Waals surface area contributed by atoms with Gasteiger partial charge >= 0.3 is 5.97 Å². The number of carboxylic acid groups (broad SMARTS) is 1. The molecule has 118 valence electrons. The van der Waals surface area contributed by atoms with Gasteiger partial charge in [-0.05, 0) is 6.07 Å². The highest BCUT2D eigenvalue weighted by Gasteiger charge is 2.12. The van der Waals surface area contributed by atoms with Crippen molar-refractivity contribution < 1.29 is 14.7 Å². The molecule has 0 aliphatic heterocycles. The Morgan fingerprint density at radius 3 is 2.91 bits per heavy atom. The fourth-order valence-electron chi connectivity index (χ4n) is 1.79. The van der Waals surface area contributed by atoms with E-state index < -0.39 is 5.97 Å². The summed E-state index contributed by atoms with van der Waals surface area (Å²) in [5.41, 5.74) is 1.23. The van der Waals surface area contributed by atoms with Gasteiger partial charge in [-0.3, -0.25) is 14.3 Å². The summed E-state index contributed by atoms with van der Waals surface area (Å²) in [6.45, 7) is 0.521. The molecule has 2 aromatic heterocycles. The molecule has 2 rings (SSSR count). The molecule has 0 radical (unpaired) electrons. The molecule has 0 atom stereocenters. The van der Waals surface area contributed by atoms with E-state index in [4.69, 9.17) is 5.11 Å². The zero-order valence-corrected chi connectivity index (χ0v) is 13.6. The number of nitrogens with zero attached hydrogens (tertiary/aromatic N) is 3. The third-order valence-electron chi connectivity index (χ3n) is 2.83. The minimum absolute atomic E-state index is 0.153. The molecule has 22 heavy (non-hydrogen) atoms. The van der Waals surface area contributed by atoms with Crippen LogP contribution in [0.1, 0.15) is 16.8 Å². The van der Waals surface area contributed by atoms with Gasteiger partial charge in [0.15, 0.2) is 5.65 Å². The highest BCUT2D eigenvalue weighted by Crippen LogP contribution is 2.21. The maximum atomic E-state index is 12.2. The van der Waals surface area contributed by atoms with E-state index in [0.29, 0.717) is 23.5 Å². The standard InChI is InChI=1S/C13H16N4O3S2/c1-17-12-10(8-16-17)9(2-4-14-12)13(20)15-5-7-22-21-6-3-11(18)19/h2,4,8H,3,5-7H2,1H3,(H,15,20)(H,18,19). The maximum absolute atomic E-state index is 12.2. The molecule has 2 N–H and O–H groups in total. The molecule has 0 spiro atoms. The summed E-state index contributed by atoms with van der Waals surface area (Å²) < 4.78 is 1.63. The number of fused-ring (bicyclic) bond motifs is 1. The third-order valence-corrected chi connectivity index (χ3v) is 5.24. The van der Waals surface area contributed by atoms with E-state index in [2.05, 4.69) is 15.4 Å². The number of aryl methyl sites for hydroxylation is 1. The topological polar surface area (TPSA) is 97.1 Å². The number of hydrogen-bond donors (Lipinski definition) is 2. The molecule has 0 fully saturated rings. The van der Waals surface area contributed by atoms with Crippen molar-refractivity contribution in [1.82, 2.24) is 20.1 Å². The summed E-state index contributed by atoms with van der Waals surface area (Å²) in [5.74, 6) is 0.336. The molecule has 0 unspecified atom stereocenters. The first-order valence-electron chi connectivity index (χ1n) is 6.60. The lowest BCUT2D eigenvalue weighted by molar-refractivity contribution is -0.136. The van der Waals surface area contributed by atoms with Crippen LogP contribution < -0.4 is 5.32 Å². The highest BCUT2D eigenvalue weighted by molar-refractivity contribution is 8.76. The van der Waals surface area contributed by atoms with Crippen molar-refractivity contribution in [3.63, 3.8) is 0 Å².